The summed E-state index contributed by atoms with van der Waals surface area (Å²) in [5, 5.41) is 18.5. The third kappa shape index (κ3) is 1.63. The molecule has 18 heavy (non-hydrogen) atoms. The molecule has 0 spiro atoms. The molecule has 0 aromatic carbocycles. The first kappa shape index (κ1) is 11.4. The van der Waals surface area contributed by atoms with Gasteiger partial charge in [-0.3, -0.25) is 0 Å². The summed E-state index contributed by atoms with van der Waals surface area (Å²) in [6.07, 6.45) is 4.54. The van der Waals surface area contributed by atoms with Gasteiger partial charge in [0.25, 0.3) is 0 Å². The molecule has 7 nitrogen and oxygen atoms in total. The second-order valence-electron chi connectivity index (χ2n) is 4.32. The molecule has 1 saturated heterocycles. The highest BCUT2D eigenvalue weighted by atomic mass is 35.5. The standard InChI is InChI=1S/C10H11ClN6O/c1-16-8(3-14-15-16)10(18)4-17(5-10)9-7(11)2-12-6-13-9/h2-3,6,18H,4-5H2,1H3. The summed E-state index contributed by atoms with van der Waals surface area (Å²) in [5.74, 6) is 0.631. The summed E-state index contributed by atoms with van der Waals surface area (Å²) in [6.45, 7) is 0.815. The Labute approximate surface area is 108 Å². The number of aliphatic hydroxyl groups is 1. The second-order valence-corrected chi connectivity index (χ2v) is 4.73. The number of hydrogen-bond donors (Lipinski definition) is 1. The highest BCUT2D eigenvalue weighted by Gasteiger charge is 2.46. The van der Waals surface area contributed by atoms with Gasteiger partial charge in [0.05, 0.1) is 31.2 Å². The van der Waals surface area contributed by atoms with Crippen molar-refractivity contribution in [2.24, 2.45) is 7.05 Å². The quantitative estimate of drug-likeness (QED) is 0.822. The van der Waals surface area contributed by atoms with Crippen LogP contribution in [0.4, 0.5) is 5.82 Å². The maximum absolute atomic E-state index is 10.4. The average Bonchev–Trinajstić information content (AvgIpc) is 2.73. The maximum Gasteiger partial charge on any atom is 0.151 e. The zero-order valence-corrected chi connectivity index (χ0v) is 10.4. The first-order valence-corrected chi connectivity index (χ1v) is 5.76. The van der Waals surface area contributed by atoms with Crippen LogP contribution in [0.15, 0.2) is 18.7 Å². The molecule has 0 aliphatic carbocycles. The van der Waals surface area contributed by atoms with Gasteiger partial charge in [-0.1, -0.05) is 16.8 Å². The number of halogens is 1. The van der Waals surface area contributed by atoms with E-state index < -0.39 is 5.60 Å². The van der Waals surface area contributed by atoms with Crippen LogP contribution in [0, 0.1) is 0 Å². The van der Waals surface area contributed by atoms with Crippen molar-refractivity contribution in [1.82, 2.24) is 25.0 Å². The number of aromatic nitrogens is 5. The lowest BCUT2D eigenvalue weighted by Gasteiger charge is -2.46. The number of nitrogens with zero attached hydrogens (tertiary/aromatic N) is 6. The van der Waals surface area contributed by atoms with Crippen molar-refractivity contribution in [1.29, 1.82) is 0 Å². The van der Waals surface area contributed by atoms with Crippen molar-refractivity contribution < 1.29 is 5.11 Å². The molecular weight excluding hydrogens is 256 g/mol. The maximum atomic E-state index is 10.4. The van der Waals surface area contributed by atoms with Gasteiger partial charge in [0.2, 0.25) is 0 Å². The molecule has 0 bridgehead atoms. The van der Waals surface area contributed by atoms with E-state index in [1.54, 1.807) is 17.9 Å². The Morgan fingerprint density at radius 2 is 2.17 bits per heavy atom. The van der Waals surface area contributed by atoms with E-state index in [1.165, 1.54) is 12.5 Å². The van der Waals surface area contributed by atoms with Crippen LogP contribution in [0.25, 0.3) is 0 Å². The van der Waals surface area contributed by atoms with E-state index in [1.807, 2.05) is 4.90 Å². The fourth-order valence-electron chi connectivity index (χ4n) is 2.15. The van der Waals surface area contributed by atoms with Gasteiger partial charge in [-0.2, -0.15) is 0 Å². The minimum atomic E-state index is -0.952. The van der Waals surface area contributed by atoms with Crippen LogP contribution in [-0.4, -0.2) is 43.2 Å². The lowest BCUT2D eigenvalue weighted by molar-refractivity contribution is -0.000494. The number of rotatable bonds is 2. The van der Waals surface area contributed by atoms with E-state index >= 15 is 0 Å². The van der Waals surface area contributed by atoms with Crippen LogP contribution in [0.5, 0.6) is 0 Å². The Balaban J connectivity index is 1.81. The molecule has 94 valence electrons. The van der Waals surface area contributed by atoms with Crippen molar-refractivity contribution in [3.8, 4) is 0 Å². The normalized spacial score (nSPS) is 17.6. The van der Waals surface area contributed by atoms with Gasteiger partial charge in [-0.25, -0.2) is 14.6 Å². The van der Waals surface area contributed by atoms with Gasteiger partial charge >= 0.3 is 0 Å². The number of aryl methyl sites for hydroxylation is 1. The van der Waals surface area contributed by atoms with Gasteiger partial charge in [0, 0.05) is 7.05 Å². The molecule has 3 rings (SSSR count). The van der Waals surface area contributed by atoms with Crippen molar-refractivity contribution in [2.75, 3.05) is 18.0 Å². The minimum absolute atomic E-state index is 0.408. The molecule has 2 aromatic heterocycles. The van der Waals surface area contributed by atoms with Gasteiger partial charge < -0.3 is 10.0 Å². The highest BCUT2D eigenvalue weighted by Crippen LogP contribution is 2.36. The molecule has 0 amide bonds. The summed E-state index contributed by atoms with van der Waals surface area (Å²) in [6, 6.07) is 0. The monoisotopic (exact) mass is 266 g/mol. The lowest BCUT2D eigenvalue weighted by Crippen LogP contribution is -2.60. The Kier molecular flexibility index (Phi) is 2.46. The Bertz CT molecular complexity index is 579. The smallest absolute Gasteiger partial charge is 0.151 e. The molecule has 1 fully saturated rings. The molecule has 8 heteroatoms. The van der Waals surface area contributed by atoms with E-state index in [-0.39, 0.29) is 0 Å². The molecular formula is C10H11ClN6O. The lowest BCUT2D eigenvalue weighted by atomic mass is 9.91. The molecule has 3 heterocycles. The largest absolute Gasteiger partial charge is 0.380 e. The summed E-state index contributed by atoms with van der Waals surface area (Å²) >= 11 is 6.00. The average molecular weight is 267 g/mol. The first-order valence-electron chi connectivity index (χ1n) is 5.38. The minimum Gasteiger partial charge on any atom is -0.380 e. The summed E-state index contributed by atoms with van der Waals surface area (Å²) in [7, 11) is 1.75. The van der Waals surface area contributed by atoms with Crippen LogP contribution in [0.1, 0.15) is 5.69 Å². The predicted octanol–water partition coefficient (Wildman–Crippen LogP) is -0.0337. The van der Waals surface area contributed by atoms with Gasteiger partial charge in [0.15, 0.2) is 5.82 Å². The molecule has 1 aliphatic rings. The van der Waals surface area contributed by atoms with E-state index in [0.29, 0.717) is 29.6 Å². The van der Waals surface area contributed by atoms with E-state index in [4.69, 9.17) is 11.6 Å². The Morgan fingerprint density at radius 1 is 1.39 bits per heavy atom. The third-order valence-electron chi connectivity index (χ3n) is 3.04. The van der Waals surface area contributed by atoms with Gasteiger partial charge in [0.1, 0.15) is 17.0 Å². The van der Waals surface area contributed by atoms with E-state index in [0.717, 1.165) is 0 Å². The molecule has 1 N–H and O–H groups in total. The van der Waals surface area contributed by atoms with Crippen molar-refractivity contribution in [3.05, 3.63) is 29.4 Å². The summed E-state index contributed by atoms with van der Waals surface area (Å²) in [5.41, 5.74) is -0.268. The van der Waals surface area contributed by atoms with Crippen LogP contribution in [0.3, 0.4) is 0 Å². The molecule has 0 saturated carbocycles. The number of hydrogen-bond acceptors (Lipinski definition) is 6. The van der Waals surface area contributed by atoms with Crippen molar-refractivity contribution in [3.63, 3.8) is 0 Å². The van der Waals surface area contributed by atoms with Crippen LogP contribution < -0.4 is 4.90 Å². The number of β-amino-alcohol motifs (C(OH)–C–C–N with tert-alkyl or cyclic N) is 1. The molecule has 0 unspecified atom stereocenters. The highest BCUT2D eigenvalue weighted by molar-refractivity contribution is 6.32. The van der Waals surface area contributed by atoms with Crippen LogP contribution in [0.2, 0.25) is 5.02 Å². The molecule has 2 aromatic rings. The van der Waals surface area contributed by atoms with Gasteiger partial charge in [-0.05, 0) is 0 Å². The molecule has 1 aliphatic heterocycles. The van der Waals surface area contributed by atoms with Crippen LogP contribution >= 0.6 is 11.6 Å². The molecule has 0 radical (unpaired) electrons. The predicted molar refractivity (Wildman–Crippen MR) is 64.2 cm³/mol. The topological polar surface area (TPSA) is 80.0 Å². The SMILES string of the molecule is Cn1nncc1C1(O)CN(c2ncncc2Cl)C1. The second kappa shape index (κ2) is 3.89. The van der Waals surface area contributed by atoms with Crippen molar-refractivity contribution >= 4 is 17.4 Å². The zero-order chi connectivity index (χ0) is 12.8. The molecule has 0 atom stereocenters. The summed E-state index contributed by atoms with van der Waals surface area (Å²) in [4.78, 5) is 9.82. The fraction of sp³-hybridized carbons (Fsp3) is 0.400. The third-order valence-corrected chi connectivity index (χ3v) is 3.31. The Morgan fingerprint density at radius 3 is 2.78 bits per heavy atom. The number of anilines is 1. The van der Waals surface area contributed by atoms with E-state index in [9.17, 15) is 5.11 Å². The van der Waals surface area contributed by atoms with Gasteiger partial charge in [-0.15, -0.1) is 5.10 Å². The van der Waals surface area contributed by atoms with E-state index in [2.05, 4.69) is 20.3 Å². The summed E-state index contributed by atoms with van der Waals surface area (Å²) < 4.78 is 1.57. The van der Waals surface area contributed by atoms with Crippen molar-refractivity contribution in [2.45, 2.75) is 5.60 Å². The Hall–Kier alpha value is -1.73. The van der Waals surface area contributed by atoms with Crippen LogP contribution in [-0.2, 0) is 12.6 Å². The fourth-order valence-corrected chi connectivity index (χ4v) is 2.37. The first-order chi connectivity index (χ1) is 8.60. The zero-order valence-electron chi connectivity index (χ0n) is 9.65.